The summed E-state index contributed by atoms with van der Waals surface area (Å²) in [7, 11) is 0. The number of piperazine rings is 1. The van der Waals surface area contributed by atoms with Crippen LogP contribution in [-0.2, 0) is 6.42 Å². The highest BCUT2D eigenvalue weighted by Gasteiger charge is 2.19. The average molecular weight is 393 g/mol. The van der Waals surface area contributed by atoms with Gasteiger partial charge in [-0.15, -0.1) is 0 Å². The number of aryl methyl sites for hydroxylation is 1. The van der Waals surface area contributed by atoms with Gasteiger partial charge in [0.05, 0.1) is 15.7 Å². The van der Waals surface area contributed by atoms with Crippen LogP contribution in [0.25, 0.3) is 0 Å². The second kappa shape index (κ2) is 9.45. The summed E-state index contributed by atoms with van der Waals surface area (Å²) >= 11 is 12.5. The molecule has 2 N–H and O–H groups in total. The number of halogens is 2. The summed E-state index contributed by atoms with van der Waals surface area (Å²) < 4.78 is 0. The fourth-order valence-electron chi connectivity index (χ4n) is 3.40. The summed E-state index contributed by atoms with van der Waals surface area (Å²) in [6, 6.07) is 11.7. The van der Waals surface area contributed by atoms with Gasteiger partial charge in [-0.05, 0) is 50.1 Å². The van der Waals surface area contributed by atoms with Crippen LogP contribution >= 0.6 is 23.2 Å². The molecular weight excluding hydrogens is 367 g/mol. The van der Waals surface area contributed by atoms with E-state index in [1.54, 1.807) is 0 Å². The van der Waals surface area contributed by atoms with Gasteiger partial charge < -0.3 is 10.6 Å². The Kier molecular flexibility index (Phi) is 7.00. The second-order valence-electron chi connectivity index (χ2n) is 6.77. The fourth-order valence-corrected chi connectivity index (χ4v) is 3.82. The van der Waals surface area contributed by atoms with Crippen LogP contribution < -0.4 is 10.6 Å². The Labute approximate surface area is 165 Å². The minimum atomic E-state index is 0.611. The Hall–Kier alpha value is -1.49. The summed E-state index contributed by atoms with van der Waals surface area (Å²) in [5.74, 6) is 0.611. The molecule has 2 aromatic rings. The molecule has 140 valence electrons. The van der Waals surface area contributed by atoms with E-state index in [-0.39, 0.29) is 0 Å². The zero-order valence-electron chi connectivity index (χ0n) is 15.0. The van der Waals surface area contributed by atoms with E-state index in [0.717, 1.165) is 56.9 Å². The van der Waals surface area contributed by atoms with Crippen molar-refractivity contribution in [3.8, 4) is 0 Å². The van der Waals surface area contributed by atoms with Crippen LogP contribution in [-0.4, -0.2) is 42.6 Å². The van der Waals surface area contributed by atoms with E-state index in [1.807, 2.05) is 30.3 Å². The predicted octanol–water partition coefficient (Wildman–Crippen LogP) is 4.51. The van der Waals surface area contributed by atoms with E-state index in [1.165, 1.54) is 12.8 Å². The van der Waals surface area contributed by atoms with Crippen LogP contribution in [0, 0.1) is 0 Å². The van der Waals surface area contributed by atoms with Crippen molar-refractivity contribution >= 4 is 34.7 Å². The molecular formula is C20H26Cl2N4. The van der Waals surface area contributed by atoms with E-state index >= 15 is 0 Å². The number of nitrogen functional groups attached to an aromatic ring is 1. The third-order valence-electron chi connectivity index (χ3n) is 4.88. The Balaban J connectivity index is 1.35. The highest BCUT2D eigenvalue weighted by Crippen LogP contribution is 2.32. The van der Waals surface area contributed by atoms with Crippen molar-refractivity contribution in [2.45, 2.75) is 25.7 Å². The molecule has 1 saturated heterocycles. The number of anilines is 2. The molecule has 0 spiro atoms. The maximum absolute atomic E-state index is 6.34. The number of rotatable bonds is 7. The van der Waals surface area contributed by atoms with Gasteiger partial charge in [0.1, 0.15) is 5.82 Å². The molecule has 0 radical (unpaired) electrons. The molecule has 0 bridgehead atoms. The van der Waals surface area contributed by atoms with Gasteiger partial charge in [0.15, 0.2) is 0 Å². The number of unbranched alkanes of at least 4 members (excludes halogenated alkanes) is 2. The van der Waals surface area contributed by atoms with Gasteiger partial charge in [-0.1, -0.05) is 41.8 Å². The Morgan fingerprint density at radius 2 is 1.69 bits per heavy atom. The number of hydrogen-bond donors (Lipinski definition) is 1. The van der Waals surface area contributed by atoms with Crippen LogP contribution in [0.3, 0.4) is 0 Å². The van der Waals surface area contributed by atoms with Crippen LogP contribution in [0.1, 0.15) is 25.0 Å². The van der Waals surface area contributed by atoms with Gasteiger partial charge in [-0.2, -0.15) is 0 Å². The fraction of sp³-hybridized carbons (Fsp3) is 0.450. The van der Waals surface area contributed by atoms with Crippen LogP contribution in [0.4, 0.5) is 11.5 Å². The lowest BCUT2D eigenvalue weighted by molar-refractivity contribution is 0.252. The molecule has 1 aromatic heterocycles. The highest BCUT2D eigenvalue weighted by atomic mass is 35.5. The highest BCUT2D eigenvalue weighted by molar-refractivity contribution is 6.43. The molecule has 1 aromatic carbocycles. The first kappa shape index (κ1) is 19.3. The standard InChI is InChI=1S/C20H26Cl2N4/c21-17-8-5-9-18(20(17)22)26-14-12-25(13-15-26)11-3-1-2-6-16-7-4-10-19(23)24-16/h4-5,7-10H,1-3,6,11-15H2,(H2,23,24). The second-order valence-corrected chi connectivity index (χ2v) is 7.55. The quantitative estimate of drug-likeness (QED) is 0.704. The summed E-state index contributed by atoms with van der Waals surface area (Å²) in [6.45, 7) is 5.28. The first-order valence-electron chi connectivity index (χ1n) is 9.26. The Morgan fingerprint density at radius 3 is 2.46 bits per heavy atom. The number of pyridine rings is 1. The molecule has 3 rings (SSSR count). The molecule has 26 heavy (non-hydrogen) atoms. The Bertz CT molecular complexity index is 715. The number of benzene rings is 1. The molecule has 1 aliphatic heterocycles. The first-order valence-corrected chi connectivity index (χ1v) is 10.0. The maximum Gasteiger partial charge on any atom is 0.123 e. The van der Waals surface area contributed by atoms with Gasteiger partial charge in [0.2, 0.25) is 0 Å². The number of aromatic nitrogens is 1. The number of nitrogens with two attached hydrogens (primary N) is 1. The van der Waals surface area contributed by atoms with Crippen LogP contribution in [0.15, 0.2) is 36.4 Å². The topological polar surface area (TPSA) is 45.4 Å². The zero-order valence-corrected chi connectivity index (χ0v) is 16.5. The zero-order chi connectivity index (χ0) is 18.4. The van der Waals surface area contributed by atoms with Crippen molar-refractivity contribution in [3.63, 3.8) is 0 Å². The molecule has 0 atom stereocenters. The lowest BCUT2D eigenvalue weighted by Gasteiger charge is -2.36. The molecule has 2 heterocycles. The van der Waals surface area contributed by atoms with E-state index in [9.17, 15) is 0 Å². The third-order valence-corrected chi connectivity index (χ3v) is 5.69. The lowest BCUT2D eigenvalue weighted by atomic mass is 10.1. The molecule has 1 aliphatic rings. The van der Waals surface area contributed by atoms with Gasteiger partial charge in [0.25, 0.3) is 0 Å². The molecule has 0 saturated carbocycles. The van der Waals surface area contributed by atoms with Crippen molar-refractivity contribution in [3.05, 3.63) is 52.1 Å². The summed E-state index contributed by atoms with van der Waals surface area (Å²) in [5, 5.41) is 1.29. The lowest BCUT2D eigenvalue weighted by Crippen LogP contribution is -2.46. The third kappa shape index (κ3) is 5.26. The molecule has 4 nitrogen and oxygen atoms in total. The molecule has 1 fully saturated rings. The average Bonchev–Trinajstić information content (AvgIpc) is 2.64. The summed E-state index contributed by atoms with van der Waals surface area (Å²) in [4.78, 5) is 9.22. The van der Waals surface area contributed by atoms with Crippen molar-refractivity contribution in [1.29, 1.82) is 0 Å². The smallest absolute Gasteiger partial charge is 0.123 e. The maximum atomic E-state index is 6.34. The largest absolute Gasteiger partial charge is 0.384 e. The van der Waals surface area contributed by atoms with Gasteiger partial charge in [-0.3, -0.25) is 4.90 Å². The molecule has 6 heteroatoms. The van der Waals surface area contributed by atoms with Crippen molar-refractivity contribution in [2.24, 2.45) is 0 Å². The first-order chi connectivity index (χ1) is 12.6. The monoisotopic (exact) mass is 392 g/mol. The Morgan fingerprint density at radius 1 is 0.923 bits per heavy atom. The van der Waals surface area contributed by atoms with Crippen molar-refractivity contribution in [2.75, 3.05) is 43.4 Å². The minimum absolute atomic E-state index is 0.611. The normalized spacial score (nSPS) is 15.4. The van der Waals surface area contributed by atoms with Crippen molar-refractivity contribution < 1.29 is 0 Å². The van der Waals surface area contributed by atoms with E-state index < -0.39 is 0 Å². The number of hydrogen-bond acceptors (Lipinski definition) is 4. The van der Waals surface area contributed by atoms with Gasteiger partial charge in [0, 0.05) is 31.9 Å². The van der Waals surface area contributed by atoms with E-state index in [0.29, 0.717) is 15.9 Å². The van der Waals surface area contributed by atoms with Gasteiger partial charge in [-0.25, -0.2) is 4.98 Å². The molecule has 0 aliphatic carbocycles. The van der Waals surface area contributed by atoms with Crippen molar-refractivity contribution in [1.82, 2.24) is 9.88 Å². The number of nitrogens with zero attached hydrogens (tertiary/aromatic N) is 3. The summed E-state index contributed by atoms with van der Waals surface area (Å²) in [5.41, 5.74) is 7.86. The SMILES string of the molecule is Nc1cccc(CCCCCN2CCN(c3cccc(Cl)c3Cl)CC2)n1. The van der Waals surface area contributed by atoms with Gasteiger partial charge >= 0.3 is 0 Å². The minimum Gasteiger partial charge on any atom is -0.384 e. The predicted molar refractivity (Wildman–Crippen MR) is 111 cm³/mol. The van der Waals surface area contributed by atoms with E-state index in [2.05, 4.69) is 20.9 Å². The molecule has 0 amide bonds. The summed E-state index contributed by atoms with van der Waals surface area (Å²) in [6.07, 6.45) is 4.61. The van der Waals surface area contributed by atoms with Crippen LogP contribution in [0.2, 0.25) is 10.0 Å². The van der Waals surface area contributed by atoms with Crippen LogP contribution in [0.5, 0.6) is 0 Å². The molecule has 0 unspecified atom stereocenters. The van der Waals surface area contributed by atoms with E-state index in [4.69, 9.17) is 28.9 Å².